The van der Waals surface area contributed by atoms with E-state index in [0.717, 1.165) is 5.69 Å². The Labute approximate surface area is 132 Å². The summed E-state index contributed by atoms with van der Waals surface area (Å²) in [5, 5.41) is 17.0. The highest BCUT2D eigenvalue weighted by molar-refractivity contribution is 7.99. The molecule has 0 radical (unpaired) electrons. The molecular weight excluding hydrogens is 300 g/mol. The highest BCUT2D eigenvalue weighted by Gasteiger charge is 2.17. The normalized spacial score (nSPS) is 10.2. The third-order valence-corrected chi connectivity index (χ3v) is 3.90. The topological polar surface area (TPSA) is 101 Å². The van der Waals surface area contributed by atoms with Crippen molar-refractivity contribution < 1.29 is 4.79 Å². The van der Waals surface area contributed by atoms with E-state index >= 15 is 0 Å². The van der Waals surface area contributed by atoms with Gasteiger partial charge in [-0.25, -0.2) is 4.68 Å². The maximum absolute atomic E-state index is 12.4. The van der Waals surface area contributed by atoms with Crippen LogP contribution in [0.1, 0.15) is 12.2 Å². The number of benzene rings is 1. The lowest BCUT2D eigenvalue weighted by molar-refractivity contribution is -0.116. The smallest absolute Gasteiger partial charge is 0.237 e. The van der Waals surface area contributed by atoms with Crippen molar-refractivity contribution in [2.75, 3.05) is 23.0 Å². The van der Waals surface area contributed by atoms with Crippen molar-refractivity contribution >= 4 is 23.4 Å². The zero-order chi connectivity index (χ0) is 15.9. The van der Waals surface area contributed by atoms with Crippen LogP contribution >= 0.6 is 11.8 Å². The van der Waals surface area contributed by atoms with E-state index in [1.807, 2.05) is 30.3 Å². The summed E-state index contributed by atoms with van der Waals surface area (Å²) in [6.45, 7) is 2.09. The standard InChI is InChI=1S/C14H16N6OS/c1-11-17-18-14(20(11)16)22-10-13(21)19(9-5-8-15)12-6-3-2-4-7-12/h2-4,6-7H,5,9-10,16H2,1H3. The maximum Gasteiger partial charge on any atom is 0.237 e. The minimum atomic E-state index is -0.105. The summed E-state index contributed by atoms with van der Waals surface area (Å²) in [5.41, 5.74) is 0.772. The molecule has 0 saturated heterocycles. The van der Waals surface area contributed by atoms with Crippen LogP contribution in [0.5, 0.6) is 0 Å². The summed E-state index contributed by atoms with van der Waals surface area (Å²) in [5.74, 6) is 6.41. The lowest BCUT2D eigenvalue weighted by atomic mass is 10.2. The molecule has 0 bridgehead atoms. The maximum atomic E-state index is 12.4. The van der Waals surface area contributed by atoms with Gasteiger partial charge in [0.1, 0.15) is 5.82 Å². The summed E-state index contributed by atoms with van der Waals surface area (Å²) in [6, 6.07) is 11.3. The summed E-state index contributed by atoms with van der Waals surface area (Å²) >= 11 is 1.22. The van der Waals surface area contributed by atoms with Crippen LogP contribution in [0.15, 0.2) is 35.5 Å². The van der Waals surface area contributed by atoms with Crippen molar-refractivity contribution in [2.45, 2.75) is 18.5 Å². The number of nitriles is 1. The molecule has 2 rings (SSSR count). The van der Waals surface area contributed by atoms with E-state index in [-0.39, 0.29) is 18.1 Å². The molecule has 0 aliphatic rings. The number of anilines is 1. The Morgan fingerprint density at radius 3 is 2.73 bits per heavy atom. The Kier molecular flexibility index (Phi) is 5.38. The van der Waals surface area contributed by atoms with Crippen LogP contribution < -0.4 is 10.7 Å². The minimum Gasteiger partial charge on any atom is -0.336 e. The molecule has 0 atom stereocenters. The highest BCUT2D eigenvalue weighted by Crippen LogP contribution is 2.19. The zero-order valence-electron chi connectivity index (χ0n) is 12.1. The van der Waals surface area contributed by atoms with Gasteiger partial charge in [0.25, 0.3) is 0 Å². The molecule has 1 aromatic carbocycles. The first-order valence-corrected chi connectivity index (χ1v) is 7.64. The van der Waals surface area contributed by atoms with E-state index in [1.54, 1.807) is 11.8 Å². The summed E-state index contributed by atoms with van der Waals surface area (Å²) in [6.07, 6.45) is 0.275. The number of aryl methyl sites for hydroxylation is 1. The Morgan fingerprint density at radius 2 is 2.14 bits per heavy atom. The third kappa shape index (κ3) is 3.77. The number of rotatable bonds is 6. The quantitative estimate of drug-likeness (QED) is 0.637. The Balaban J connectivity index is 2.06. The van der Waals surface area contributed by atoms with E-state index in [4.69, 9.17) is 11.1 Å². The number of hydrogen-bond donors (Lipinski definition) is 1. The van der Waals surface area contributed by atoms with Crippen molar-refractivity contribution in [2.24, 2.45) is 0 Å². The summed E-state index contributed by atoms with van der Waals surface area (Å²) in [4.78, 5) is 14.0. The fraction of sp³-hybridized carbons (Fsp3) is 0.286. The van der Waals surface area contributed by atoms with Gasteiger partial charge in [-0.3, -0.25) is 4.79 Å². The number of carbonyl (C=O) groups is 1. The van der Waals surface area contributed by atoms with Crippen LogP contribution in [0, 0.1) is 18.3 Å². The zero-order valence-corrected chi connectivity index (χ0v) is 13.0. The molecule has 0 aliphatic carbocycles. The Bertz CT molecular complexity index is 678. The summed E-state index contributed by atoms with van der Waals surface area (Å²) in [7, 11) is 0. The Hall–Kier alpha value is -2.53. The van der Waals surface area contributed by atoms with Crippen LogP contribution in [-0.2, 0) is 4.79 Å². The number of nitrogens with two attached hydrogens (primary N) is 1. The first kappa shape index (κ1) is 15.9. The van der Waals surface area contributed by atoms with Crippen LogP contribution in [0.3, 0.4) is 0 Å². The first-order chi connectivity index (χ1) is 10.6. The number of hydrogen-bond acceptors (Lipinski definition) is 6. The molecule has 0 saturated carbocycles. The molecule has 114 valence electrons. The van der Waals surface area contributed by atoms with Gasteiger partial charge in [0.2, 0.25) is 11.1 Å². The van der Waals surface area contributed by atoms with Gasteiger partial charge in [-0.05, 0) is 19.1 Å². The fourth-order valence-electron chi connectivity index (χ4n) is 1.82. The number of nitrogens with zero attached hydrogens (tertiary/aromatic N) is 5. The molecule has 0 spiro atoms. The highest BCUT2D eigenvalue weighted by atomic mass is 32.2. The molecule has 0 unspecified atom stereocenters. The second kappa shape index (κ2) is 7.47. The van der Waals surface area contributed by atoms with Gasteiger partial charge in [0.05, 0.1) is 18.2 Å². The lowest BCUT2D eigenvalue weighted by Gasteiger charge is -2.21. The van der Waals surface area contributed by atoms with Gasteiger partial charge < -0.3 is 10.7 Å². The molecule has 1 amide bonds. The van der Waals surface area contributed by atoms with Gasteiger partial charge >= 0.3 is 0 Å². The fourth-order valence-corrected chi connectivity index (χ4v) is 2.60. The molecule has 22 heavy (non-hydrogen) atoms. The second-order valence-electron chi connectivity index (χ2n) is 4.48. The van der Waals surface area contributed by atoms with Crippen LogP contribution in [-0.4, -0.2) is 33.1 Å². The van der Waals surface area contributed by atoms with Gasteiger partial charge in [-0.15, -0.1) is 10.2 Å². The number of carbonyl (C=O) groups excluding carboxylic acids is 1. The molecule has 0 fully saturated rings. The van der Waals surface area contributed by atoms with Crippen molar-refractivity contribution in [3.63, 3.8) is 0 Å². The van der Waals surface area contributed by atoms with E-state index < -0.39 is 0 Å². The van der Waals surface area contributed by atoms with E-state index in [0.29, 0.717) is 17.5 Å². The van der Waals surface area contributed by atoms with Crippen LogP contribution in [0.2, 0.25) is 0 Å². The average molecular weight is 316 g/mol. The molecule has 1 aromatic heterocycles. The molecule has 0 aliphatic heterocycles. The first-order valence-electron chi connectivity index (χ1n) is 6.65. The molecule has 7 nitrogen and oxygen atoms in total. The second-order valence-corrected chi connectivity index (χ2v) is 5.42. The Morgan fingerprint density at radius 1 is 1.41 bits per heavy atom. The predicted octanol–water partition coefficient (Wildman–Crippen LogP) is 1.34. The molecule has 2 aromatic rings. The van der Waals surface area contributed by atoms with Crippen molar-refractivity contribution in [3.8, 4) is 6.07 Å². The number of nitrogen functional groups attached to an aromatic ring is 1. The molecule has 1 heterocycles. The summed E-state index contributed by atoms with van der Waals surface area (Å²) < 4.78 is 1.35. The third-order valence-electron chi connectivity index (χ3n) is 2.98. The number of aromatic nitrogens is 3. The van der Waals surface area contributed by atoms with E-state index in [1.165, 1.54) is 16.4 Å². The van der Waals surface area contributed by atoms with Crippen LogP contribution in [0.4, 0.5) is 5.69 Å². The molecule has 2 N–H and O–H groups in total. The lowest BCUT2D eigenvalue weighted by Crippen LogP contribution is -2.33. The van der Waals surface area contributed by atoms with Crippen LogP contribution in [0.25, 0.3) is 0 Å². The van der Waals surface area contributed by atoms with Crippen molar-refractivity contribution in [1.29, 1.82) is 5.26 Å². The largest absolute Gasteiger partial charge is 0.336 e. The van der Waals surface area contributed by atoms with Gasteiger partial charge in [0.15, 0.2) is 0 Å². The van der Waals surface area contributed by atoms with E-state index in [2.05, 4.69) is 16.3 Å². The van der Waals surface area contributed by atoms with Crippen molar-refractivity contribution in [1.82, 2.24) is 14.9 Å². The molecule has 8 heteroatoms. The number of amides is 1. The van der Waals surface area contributed by atoms with Gasteiger partial charge in [-0.1, -0.05) is 30.0 Å². The number of para-hydroxylation sites is 1. The van der Waals surface area contributed by atoms with Gasteiger partial charge in [0, 0.05) is 12.2 Å². The average Bonchev–Trinajstić information content (AvgIpc) is 2.86. The monoisotopic (exact) mass is 316 g/mol. The van der Waals surface area contributed by atoms with Gasteiger partial charge in [-0.2, -0.15) is 5.26 Å². The molecular formula is C14H16N6OS. The minimum absolute atomic E-state index is 0.105. The number of thioether (sulfide) groups is 1. The SMILES string of the molecule is Cc1nnc(SCC(=O)N(CCC#N)c2ccccc2)n1N. The predicted molar refractivity (Wildman–Crippen MR) is 84.7 cm³/mol. The van der Waals surface area contributed by atoms with E-state index in [9.17, 15) is 4.79 Å². The van der Waals surface area contributed by atoms with Crippen molar-refractivity contribution in [3.05, 3.63) is 36.2 Å².